The van der Waals surface area contributed by atoms with Crippen molar-refractivity contribution in [2.75, 3.05) is 33.0 Å². The molecular weight excluding hydrogens is 412 g/mol. The van der Waals surface area contributed by atoms with E-state index in [2.05, 4.69) is 65.3 Å². The monoisotopic (exact) mass is 454 g/mol. The summed E-state index contributed by atoms with van der Waals surface area (Å²) in [7, 11) is 0. The maximum Gasteiger partial charge on any atom is 0.330 e. The van der Waals surface area contributed by atoms with Gasteiger partial charge in [0.2, 0.25) is 0 Å². The molecule has 32 heavy (non-hydrogen) atoms. The molecule has 0 aromatic carbocycles. The molecule has 0 radical (unpaired) electrons. The van der Waals surface area contributed by atoms with Gasteiger partial charge in [-0.25, -0.2) is 14.4 Å². The summed E-state index contributed by atoms with van der Waals surface area (Å²) in [4.78, 5) is 35.1. The van der Waals surface area contributed by atoms with E-state index in [1.54, 1.807) is 6.92 Å². The molecule has 2 amide bonds. The molecule has 0 spiro atoms. The van der Waals surface area contributed by atoms with E-state index in [0.717, 1.165) is 18.6 Å². The molecule has 0 rings (SSSR count). The quantitative estimate of drug-likeness (QED) is 0.236. The first-order valence-electron chi connectivity index (χ1n) is 10.9. The van der Waals surface area contributed by atoms with E-state index in [0.29, 0.717) is 25.7 Å². The second-order valence-electron chi connectivity index (χ2n) is 10.2. The minimum Gasteiger partial charge on any atom is -0.460 e. The van der Waals surface area contributed by atoms with Crippen molar-refractivity contribution in [2.24, 2.45) is 16.7 Å². The average molecular weight is 455 g/mol. The Morgan fingerprint density at radius 2 is 1.41 bits per heavy atom. The fourth-order valence-electron chi connectivity index (χ4n) is 3.19. The number of nitrogens with one attached hydrogen (secondary N) is 2. The summed E-state index contributed by atoms with van der Waals surface area (Å²) < 4.78 is 15.9. The average Bonchev–Trinajstić information content (AvgIpc) is 2.68. The Morgan fingerprint density at radius 1 is 0.906 bits per heavy atom. The summed E-state index contributed by atoms with van der Waals surface area (Å²) in [6.45, 7) is 22.4. The third kappa shape index (κ3) is 12.5. The maximum absolute atomic E-state index is 12.3. The van der Waals surface area contributed by atoms with Crippen LogP contribution in [0.25, 0.3) is 0 Å². The Bertz CT molecular complexity index is 629. The number of urea groups is 1. The second kappa shape index (κ2) is 13.3. The van der Waals surface area contributed by atoms with Crippen molar-refractivity contribution in [1.29, 1.82) is 0 Å². The molecule has 0 aromatic rings. The van der Waals surface area contributed by atoms with E-state index in [9.17, 15) is 14.4 Å². The van der Waals surface area contributed by atoms with Gasteiger partial charge in [0.1, 0.15) is 18.8 Å². The number of rotatable bonds is 14. The lowest BCUT2D eigenvalue weighted by molar-refractivity contribution is -0.144. The largest absolute Gasteiger partial charge is 0.460 e. The first-order chi connectivity index (χ1) is 14.7. The number of hydrogen-bond acceptors (Lipinski definition) is 6. The molecule has 2 N–H and O–H groups in total. The van der Waals surface area contributed by atoms with Gasteiger partial charge in [-0.3, -0.25) is 0 Å². The van der Waals surface area contributed by atoms with Crippen molar-refractivity contribution in [3.8, 4) is 0 Å². The molecule has 1 unspecified atom stereocenters. The van der Waals surface area contributed by atoms with Gasteiger partial charge in [-0.15, -0.1) is 0 Å². The van der Waals surface area contributed by atoms with Gasteiger partial charge >= 0.3 is 18.0 Å². The van der Waals surface area contributed by atoms with Crippen LogP contribution in [0.15, 0.2) is 25.3 Å². The maximum atomic E-state index is 12.3. The standard InChI is InChI=1S/C24H42N2O6/c1-10-19(27)31-16-24(9,17-32-20(28)11-2)26-21(29)25-12-13-30-15-23(8,18(3)4)14-22(5,6)7/h10-11,18H,1-2,12-17H2,3-9H3,(H2,25,26,29). The van der Waals surface area contributed by atoms with E-state index in [-0.39, 0.29) is 24.0 Å². The zero-order valence-corrected chi connectivity index (χ0v) is 20.8. The SMILES string of the molecule is C=CC(=O)OCC(C)(COC(=O)C=C)NC(=O)NCCOCC(C)(CC(C)(C)C)C(C)C. The lowest BCUT2D eigenvalue weighted by atomic mass is 9.69. The number of carbonyl (C=O) groups is 3. The van der Waals surface area contributed by atoms with Crippen LogP contribution in [0.3, 0.4) is 0 Å². The van der Waals surface area contributed by atoms with Gasteiger partial charge in [0, 0.05) is 18.7 Å². The third-order valence-electron chi connectivity index (χ3n) is 5.11. The molecule has 0 bridgehead atoms. The predicted molar refractivity (Wildman–Crippen MR) is 125 cm³/mol. The Hall–Kier alpha value is -2.35. The molecule has 0 aliphatic heterocycles. The van der Waals surface area contributed by atoms with Crippen LogP contribution in [0.4, 0.5) is 4.79 Å². The summed E-state index contributed by atoms with van der Waals surface area (Å²) >= 11 is 0. The highest BCUT2D eigenvalue weighted by molar-refractivity contribution is 5.82. The molecule has 8 heteroatoms. The van der Waals surface area contributed by atoms with Crippen LogP contribution in [0.1, 0.15) is 54.9 Å². The molecule has 0 heterocycles. The van der Waals surface area contributed by atoms with Gasteiger partial charge in [0.15, 0.2) is 0 Å². The van der Waals surface area contributed by atoms with E-state index < -0.39 is 23.5 Å². The number of hydrogen-bond donors (Lipinski definition) is 2. The fourth-order valence-corrected chi connectivity index (χ4v) is 3.19. The van der Waals surface area contributed by atoms with Gasteiger partial charge in [-0.05, 0) is 30.1 Å². The van der Waals surface area contributed by atoms with Crippen LogP contribution in [-0.2, 0) is 23.8 Å². The highest BCUT2D eigenvalue weighted by atomic mass is 16.5. The van der Waals surface area contributed by atoms with E-state index >= 15 is 0 Å². The van der Waals surface area contributed by atoms with Crippen LogP contribution in [0.2, 0.25) is 0 Å². The minimum atomic E-state index is -1.13. The molecule has 0 saturated carbocycles. The van der Waals surface area contributed by atoms with Gasteiger partial charge in [0.25, 0.3) is 0 Å². The lowest BCUT2D eigenvalue weighted by Crippen LogP contribution is -2.56. The third-order valence-corrected chi connectivity index (χ3v) is 5.11. The Balaban J connectivity index is 4.69. The Kier molecular flexibility index (Phi) is 12.3. The second-order valence-corrected chi connectivity index (χ2v) is 10.2. The minimum absolute atomic E-state index is 0.0309. The molecule has 8 nitrogen and oxygen atoms in total. The first kappa shape index (κ1) is 29.7. The fraction of sp³-hybridized carbons (Fsp3) is 0.708. The Labute approximate surface area is 193 Å². The zero-order chi connectivity index (χ0) is 25.0. The molecule has 1 atom stereocenters. The number of amides is 2. The van der Waals surface area contributed by atoms with Crippen LogP contribution in [0.5, 0.6) is 0 Å². The van der Waals surface area contributed by atoms with E-state index in [4.69, 9.17) is 14.2 Å². The van der Waals surface area contributed by atoms with Crippen LogP contribution < -0.4 is 10.6 Å². The summed E-state index contributed by atoms with van der Waals surface area (Å²) in [5.41, 5.74) is -0.913. The summed E-state index contributed by atoms with van der Waals surface area (Å²) in [6.07, 6.45) is 3.05. The normalized spacial score (nSPS) is 13.6. The van der Waals surface area contributed by atoms with E-state index in [1.807, 2.05) is 0 Å². The van der Waals surface area contributed by atoms with Crippen molar-refractivity contribution >= 4 is 18.0 Å². The van der Waals surface area contributed by atoms with Crippen LogP contribution >= 0.6 is 0 Å². The first-order valence-corrected chi connectivity index (χ1v) is 10.9. The summed E-state index contributed by atoms with van der Waals surface area (Å²) in [5.74, 6) is -0.842. The number of ether oxygens (including phenoxy) is 3. The topological polar surface area (TPSA) is 103 Å². The molecular formula is C24H42N2O6. The highest BCUT2D eigenvalue weighted by Gasteiger charge is 2.33. The van der Waals surface area contributed by atoms with E-state index in [1.165, 1.54) is 0 Å². The van der Waals surface area contributed by atoms with Gasteiger partial charge < -0.3 is 24.8 Å². The van der Waals surface area contributed by atoms with Gasteiger partial charge in [0.05, 0.1) is 13.2 Å². The molecule has 0 saturated heterocycles. The predicted octanol–water partition coefficient (Wildman–Crippen LogP) is 3.62. The van der Waals surface area contributed by atoms with Gasteiger partial charge in [-0.1, -0.05) is 54.7 Å². The molecule has 184 valence electrons. The van der Waals surface area contributed by atoms with Crippen molar-refractivity contribution in [2.45, 2.75) is 60.4 Å². The summed E-state index contributed by atoms with van der Waals surface area (Å²) in [5, 5.41) is 5.39. The van der Waals surface area contributed by atoms with Crippen molar-refractivity contribution < 1.29 is 28.6 Å². The number of carbonyl (C=O) groups excluding carboxylic acids is 3. The lowest BCUT2D eigenvalue weighted by Gasteiger charge is -2.39. The van der Waals surface area contributed by atoms with Crippen LogP contribution in [-0.4, -0.2) is 56.5 Å². The molecule has 0 fully saturated rings. The zero-order valence-electron chi connectivity index (χ0n) is 20.8. The van der Waals surface area contributed by atoms with Crippen molar-refractivity contribution in [1.82, 2.24) is 10.6 Å². The molecule has 0 aliphatic rings. The molecule has 0 aliphatic carbocycles. The van der Waals surface area contributed by atoms with Gasteiger partial charge in [-0.2, -0.15) is 0 Å². The highest BCUT2D eigenvalue weighted by Crippen LogP contribution is 2.39. The van der Waals surface area contributed by atoms with Crippen molar-refractivity contribution in [3.05, 3.63) is 25.3 Å². The molecule has 0 aromatic heterocycles. The Morgan fingerprint density at radius 3 is 1.81 bits per heavy atom. The van der Waals surface area contributed by atoms with Crippen LogP contribution in [0, 0.1) is 16.7 Å². The smallest absolute Gasteiger partial charge is 0.330 e. The number of esters is 2. The van der Waals surface area contributed by atoms with Crippen molar-refractivity contribution in [3.63, 3.8) is 0 Å². The summed E-state index contributed by atoms with van der Waals surface area (Å²) in [6, 6.07) is -0.498.